The number of likely N-dealkylation sites (tertiary alicyclic amines) is 1. The summed E-state index contributed by atoms with van der Waals surface area (Å²) in [5.41, 5.74) is 0. The van der Waals surface area contributed by atoms with Gasteiger partial charge in [-0.25, -0.2) is 0 Å². The molecule has 4 rings (SSSR count). The predicted molar refractivity (Wildman–Crippen MR) is 103 cm³/mol. The van der Waals surface area contributed by atoms with Crippen LogP contribution in [-0.2, 0) is 13.0 Å². The molecule has 0 radical (unpaired) electrons. The highest BCUT2D eigenvalue weighted by Gasteiger charge is 2.30. The molecule has 7 heteroatoms. The number of rotatable bonds is 4. The minimum atomic E-state index is 0.528. The van der Waals surface area contributed by atoms with E-state index in [0.717, 1.165) is 49.7 Å². The number of aliphatic imine (C=N–C) groups is 1. The van der Waals surface area contributed by atoms with Crippen molar-refractivity contribution >= 4 is 5.96 Å². The van der Waals surface area contributed by atoms with Crippen LogP contribution < -0.4 is 10.6 Å². The van der Waals surface area contributed by atoms with Crippen LogP contribution in [0.4, 0.5) is 0 Å². The van der Waals surface area contributed by atoms with Crippen LogP contribution >= 0.6 is 0 Å². The van der Waals surface area contributed by atoms with Crippen LogP contribution in [0, 0.1) is 12.8 Å². The second kappa shape index (κ2) is 7.94. The van der Waals surface area contributed by atoms with Crippen LogP contribution in [0.15, 0.2) is 4.99 Å². The number of aryl methyl sites for hydroxylation is 2. The maximum absolute atomic E-state index is 4.45. The van der Waals surface area contributed by atoms with Crippen molar-refractivity contribution in [3.63, 3.8) is 0 Å². The van der Waals surface area contributed by atoms with E-state index in [-0.39, 0.29) is 0 Å². The Morgan fingerprint density at radius 1 is 1.15 bits per heavy atom. The molecular formula is C19H33N7. The average Bonchev–Trinajstić information content (AvgIpc) is 3.40. The van der Waals surface area contributed by atoms with Gasteiger partial charge in [0.15, 0.2) is 5.96 Å². The molecule has 1 aliphatic carbocycles. The van der Waals surface area contributed by atoms with E-state index in [1.165, 1.54) is 45.1 Å². The molecule has 2 aliphatic heterocycles. The van der Waals surface area contributed by atoms with E-state index in [4.69, 9.17) is 0 Å². The van der Waals surface area contributed by atoms with Crippen LogP contribution in [0.1, 0.15) is 50.2 Å². The molecule has 2 unspecified atom stereocenters. The fourth-order valence-corrected chi connectivity index (χ4v) is 4.83. The Bertz CT molecular complexity index is 632. The number of nitrogens with one attached hydrogen (secondary N) is 2. The Kier molecular flexibility index (Phi) is 5.43. The molecule has 0 bridgehead atoms. The van der Waals surface area contributed by atoms with Gasteiger partial charge in [0, 0.05) is 51.7 Å². The molecule has 2 fully saturated rings. The average molecular weight is 360 g/mol. The number of guanidine groups is 1. The maximum atomic E-state index is 4.45. The fraction of sp³-hybridized carbons (Fsp3) is 0.842. The van der Waals surface area contributed by atoms with Gasteiger partial charge < -0.3 is 15.2 Å². The van der Waals surface area contributed by atoms with Gasteiger partial charge in [0.25, 0.3) is 0 Å². The lowest BCUT2D eigenvalue weighted by molar-refractivity contribution is 0.242. The zero-order chi connectivity index (χ0) is 17.9. The zero-order valence-electron chi connectivity index (χ0n) is 16.2. The van der Waals surface area contributed by atoms with E-state index in [1.54, 1.807) is 0 Å². The standard InChI is InChI=1S/C19H33N7/c1-14-23-24-18-8-7-15(12-26(14)18)11-21-19(20-2)22-16-9-10-25(13-16)17-5-3-4-6-17/h15-17H,3-13H2,1-2H3,(H2,20,21,22). The second-order valence-electron chi connectivity index (χ2n) is 8.20. The summed E-state index contributed by atoms with van der Waals surface area (Å²) < 4.78 is 2.27. The summed E-state index contributed by atoms with van der Waals surface area (Å²) in [7, 11) is 1.88. The first-order valence-corrected chi connectivity index (χ1v) is 10.3. The molecule has 2 N–H and O–H groups in total. The first kappa shape index (κ1) is 17.8. The molecule has 1 saturated carbocycles. The van der Waals surface area contributed by atoms with Crippen molar-refractivity contribution in [2.45, 2.75) is 70.5 Å². The Hall–Kier alpha value is -1.63. The third-order valence-corrected chi connectivity index (χ3v) is 6.41. The van der Waals surface area contributed by atoms with Gasteiger partial charge in [-0.05, 0) is 38.5 Å². The molecule has 0 amide bonds. The van der Waals surface area contributed by atoms with Crippen molar-refractivity contribution in [1.29, 1.82) is 0 Å². The fourth-order valence-electron chi connectivity index (χ4n) is 4.83. The molecule has 0 aromatic carbocycles. The highest BCUT2D eigenvalue weighted by Crippen LogP contribution is 2.26. The van der Waals surface area contributed by atoms with Crippen molar-refractivity contribution in [1.82, 2.24) is 30.3 Å². The van der Waals surface area contributed by atoms with Crippen molar-refractivity contribution < 1.29 is 0 Å². The lowest BCUT2D eigenvalue weighted by Crippen LogP contribution is -2.47. The van der Waals surface area contributed by atoms with Gasteiger partial charge >= 0.3 is 0 Å². The third-order valence-electron chi connectivity index (χ3n) is 6.41. The third kappa shape index (κ3) is 3.87. The Labute approximate surface area is 156 Å². The molecule has 7 nitrogen and oxygen atoms in total. The monoisotopic (exact) mass is 359 g/mol. The smallest absolute Gasteiger partial charge is 0.191 e. The molecule has 0 spiro atoms. The van der Waals surface area contributed by atoms with Gasteiger partial charge in [-0.15, -0.1) is 10.2 Å². The molecule has 26 heavy (non-hydrogen) atoms. The first-order chi connectivity index (χ1) is 12.7. The summed E-state index contributed by atoms with van der Waals surface area (Å²) >= 11 is 0. The van der Waals surface area contributed by atoms with Gasteiger partial charge in [-0.2, -0.15) is 0 Å². The second-order valence-corrected chi connectivity index (χ2v) is 8.20. The van der Waals surface area contributed by atoms with Crippen LogP contribution in [-0.4, -0.2) is 64.4 Å². The minimum absolute atomic E-state index is 0.528. The quantitative estimate of drug-likeness (QED) is 0.627. The summed E-state index contributed by atoms with van der Waals surface area (Å²) in [4.78, 5) is 7.14. The Balaban J connectivity index is 1.23. The van der Waals surface area contributed by atoms with E-state index < -0.39 is 0 Å². The highest BCUT2D eigenvalue weighted by atomic mass is 15.3. The number of nitrogens with zero attached hydrogens (tertiary/aromatic N) is 5. The lowest BCUT2D eigenvalue weighted by Gasteiger charge is -2.26. The highest BCUT2D eigenvalue weighted by molar-refractivity contribution is 5.80. The number of fused-ring (bicyclic) bond motifs is 1. The van der Waals surface area contributed by atoms with E-state index in [2.05, 4.69) is 35.3 Å². The van der Waals surface area contributed by atoms with Crippen molar-refractivity contribution in [3.8, 4) is 0 Å². The Morgan fingerprint density at radius 3 is 2.81 bits per heavy atom. The largest absolute Gasteiger partial charge is 0.356 e. The minimum Gasteiger partial charge on any atom is -0.356 e. The summed E-state index contributed by atoms with van der Waals surface area (Å²) in [6.07, 6.45) is 9.04. The Morgan fingerprint density at radius 2 is 2.00 bits per heavy atom. The molecule has 2 atom stereocenters. The normalized spacial score (nSPS) is 27.7. The molecule has 1 aromatic rings. The number of hydrogen-bond acceptors (Lipinski definition) is 4. The molecule has 1 saturated heterocycles. The number of aromatic nitrogens is 3. The van der Waals surface area contributed by atoms with Gasteiger partial charge in [0.2, 0.25) is 0 Å². The topological polar surface area (TPSA) is 70.4 Å². The predicted octanol–water partition coefficient (Wildman–Crippen LogP) is 1.33. The summed E-state index contributed by atoms with van der Waals surface area (Å²) in [5, 5.41) is 15.7. The molecule has 3 aliphatic rings. The van der Waals surface area contributed by atoms with Crippen molar-refractivity contribution in [3.05, 3.63) is 11.6 Å². The van der Waals surface area contributed by atoms with Crippen molar-refractivity contribution in [2.24, 2.45) is 10.9 Å². The van der Waals surface area contributed by atoms with E-state index in [9.17, 15) is 0 Å². The van der Waals surface area contributed by atoms with Crippen molar-refractivity contribution in [2.75, 3.05) is 26.7 Å². The van der Waals surface area contributed by atoms with Crippen LogP contribution in [0.2, 0.25) is 0 Å². The van der Waals surface area contributed by atoms with Gasteiger partial charge in [-0.3, -0.25) is 9.89 Å². The van der Waals surface area contributed by atoms with Gasteiger partial charge in [0.1, 0.15) is 11.6 Å². The van der Waals surface area contributed by atoms with Gasteiger partial charge in [0.05, 0.1) is 0 Å². The molecular weight excluding hydrogens is 326 g/mol. The molecule has 1 aromatic heterocycles. The summed E-state index contributed by atoms with van der Waals surface area (Å²) in [5.74, 6) is 3.73. The van der Waals surface area contributed by atoms with Crippen LogP contribution in [0.3, 0.4) is 0 Å². The van der Waals surface area contributed by atoms with E-state index in [1.807, 2.05) is 14.0 Å². The van der Waals surface area contributed by atoms with E-state index >= 15 is 0 Å². The molecule has 144 valence electrons. The SMILES string of the molecule is CN=C(NCC1CCc2nnc(C)n2C1)NC1CCN(C2CCCC2)C1. The lowest BCUT2D eigenvalue weighted by atomic mass is 9.99. The first-order valence-electron chi connectivity index (χ1n) is 10.3. The zero-order valence-corrected chi connectivity index (χ0v) is 16.2. The summed E-state index contributed by atoms with van der Waals surface area (Å²) in [6.45, 7) is 6.41. The van der Waals surface area contributed by atoms with E-state index in [0.29, 0.717) is 12.0 Å². The maximum Gasteiger partial charge on any atom is 0.191 e. The number of hydrogen-bond donors (Lipinski definition) is 2. The summed E-state index contributed by atoms with van der Waals surface area (Å²) in [6, 6.07) is 1.36. The van der Waals surface area contributed by atoms with Crippen LogP contribution in [0.25, 0.3) is 0 Å². The molecule has 3 heterocycles. The van der Waals surface area contributed by atoms with Gasteiger partial charge in [-0.1, -0.05) is 12.8 Å². The van der Waals surface area contributed by atoms with Crippen LogP contribution in [0.5, 0.6) is 0 Å².